The van der Waals surface area contributed by atoms with Crippen molar-refractivity contribution in [3.05, 3.63) is 12.7 Å². The molecular formula is C13H22N2O6. The summed E-state index contributed by atoms with van der Waals surface area (Å²) in [4.78, 5) is 42.2. The number of nitrogens with two attached hydrogens (primary N) is 1. The molecule has 0 aromatic rings. The Kier molecular flexibility index (Phi) is 8.98. The van der Waals surface area contributed by atoms with Crippen molar-refractivity contribution in [2.24, 2.45) is 5.73 Å². The first-order valence-electron chi connectivity index (χ1n) is 6.68. The van der Waals surface area contributed by atoms with Crippen LogP contribution in [0.5, 0.6) is 0 Å². The van der Waals surface area contributed by atoms with Gasteiger partial charge in [-0.3, -0.25) is 4.79 Å². The Bertz CT molecular complexity index is 385. The minimum Gasteiger partial charge on any atom is -0.362 e. The van der Waals surface area contributed by atoms with Crippen LogP contribution in [0, 0.1) is 0 Å². The number of nitrogens with one attached hydrogen (secondary N) is 1. The summed E-state index contributed by atoms with van der Waals surface area (Å²) >= 11 is 0. The third-order valence-corrected chi connectivity index (χ3v) is 2.63. The molecule has 0 saturated heterocycles. The lowest BCUT2D eigenvalue weighted by Gasteiger charge is -2.25. The largest absolute Gasteiger partial charge is 0.407 e. The van der Waals surface area contributed by atoms with Crippen LogP contribution in [0.1, 0.15) is 39.0 Å². The normalized spacial score (nSPS) is 12.9. The molecule has 0 heterocycles. The number of hydrogen-bond acceptors (Lipinski definition) is 7. The summed E-state index contributed by atoms with van der Waals surface area (Å²) in [5, 5.41) is 12.2. The lowest BCUT2D eigenvalue weighted by Crippen LogP contribution is -2.56. The quantitative estimate of drug-likeness (QED) is 0.178. The minimum absolute atomic E-state index is 0.0801. The topological polar surface area (TPSA) is 128 Å². The maximum Gasteiger partial charge on any atom is 0.407 e. The maximum atomic E-state index is 11.8. The Balaban J connectivity index is 4.67. The predicted molar refractivity (Wildman–Crippen MR) is 73.3 cm³/mol. The average molecular weight is 302 g/mol. The lowest BCUT2D eigenvalue weighted by molar-refractivity contribution is -0.269. The van der Waals surface area contributed by atoms with Gasteiger partial charge in [-0.05, 0) is 6.42 Å². The standard InChI is InChI=1S/C13H22N2O6/c1-3-5-6-7-8-13(19,15-10(16)9-14)12(18)21-20-11(17)4-2/h4,19H,2-3,5-9,14H2,1H3,(H,15,16). The van der Waals surface area contributed by atoms with Gasteiger partial charge in [0, 0.05) is 12.5 Å². The van der Waals surface area contributed by atoms with Crippen LogP contribution in [0.4, 0.5) is 0 Å². The summed E-state index contributed by atoms with van der Waals surface area (Å²) in [7, 11) is 0. The van der Waals surface area contributed by atoms with Gasteiger partial charge in [-0.25, -0.2) is 19.4 Å². The number of carbonyl (C=O) groups excluding carboxylic acids is 3. The zero-order valence-corrected chi connectivity index (χ0v) is 12.1. The van der Waals surface area contributed by atoms with E-state index in [-0.39, 0.29) is 6.42 Å². The number of amides is 1. The predicted octanol–water partition coefficient (Wildman–Crippen LogP) is -0.0923. The molecule has 8 heteroatoms. The van der Waals surface area contributed by atoms with Gasteiger partial charge in [-0.15, -0.1) is 0 Å². The fourth-order valence-electron chi connectivity index (χ4n) is 1.49. The van der Waals surface area contributed by atoms with E-state index in [0.29, 0.717) is 6.42 Å². The summed E-state index contributed by atoms with van der Waals surface area (Å²) in [6.07, 6.45) is 3.82. The van der Waals surface area contributed by atoms with E-state index in [1.54, 1.807) is 0 Å². The average Bonchev–Trinajstić information content (AvgIpc) is 2.48. The second kappa shape index (κ2) is 9.89. The molecule has 0 bridgehead atoms. The molecule has 0 aromatic heterocycles. The third kappa shape index (κ3) is 7.42. The van der Waals surface area contributed by atoms with Gasteiger partial charge in [-0.2, -0.15) is 0 Å². The number of aliphatic hydroxyl groups is 1. The molecule has 0 radical (unpaired) electrons. The summed E-state index contributed by atoms with van der Waals surface area (Å²) in [5.41, 5.74) is 2.84. The molecule has 1 amide bonds. The van der Waals surface area contributed by atoms with E-state index in [9.17, 15) is 19.5 Å². The van der Waals surface area contributed by atoms with Crippen LogP contribution in [-0.2, 0) is 24.2 Å². The molecule has 0 aliphatic heterocycles. The number of rotatable bonds is 9. The molecule has 8 nitrogen and oxygen atoms in total. The van der Waals surface area contributed by atoms with E-state index in [0.717, 1.165) is 25.3 Å². The SMILES string of the molecule is C=CC(=O)OOC(=O)C(O)(CCCCCC)NC(=O)CN. The molecule has 0 aliphatic carbocycles. The van der Waals surface area contributed by atoms with E-state index < -0.39 is 30.1 Å². The van der Waals surface area contributed by atoms with E-state index in [1.807, 2.05) is 6.92 Å². The van der Waals surface area contributed by atoms with Gasteiger partial charge in [0.25, 0.3) is 0 Å². The van der Waals surface area contributed by atoms with Crippen LogP contribution in [0.15, 0.2) is 12.7 Å². The Hall–Kier alpha value is -1.93. The monoisotopic (exact) mass is 302 g/mol. The zero-order valence-electron chi connectivity index (χ0n) is 12.1. The van der Waals surface area contributed by atoms with Crippen molar-refractivity contribution in [2.75, 3.05) is 6.54 Å². The maximum absolute atomic E-state index is 11.8. The summed E-state index contributed by atoms with van der Waals surface area (Å²) < 4.78 is 0. The Morgan fingerprint density at radius 1 is 1.29 bits per heavy atom. The Labute approximate surface area is 123 Å². The molecule has 0 saturated carbocycles. The first kappa shape index (κ1) is 19.1. The van der Waals surface area contributed by atoms with Crippen LogP contribution in [0.3, 0.4) is 0 Å². The van der Waals surface area contributed by atoms with E-state index >= 15 is 0 Å². The van der Waals surface area contributed by atoms with Crippen molar-refractivity contribution in [1.29, 1.82) is 0 Å². The summed E-state index contributed by atoms with van der Waals surface area (Å²) in [6, 6.07) is 0. The molecular weight excluding hydrogens is 280 g/mol. The molecule has 120 valence electrons. The number of unbranched alkanes of at least 4 members (excludes halogenated alkanes) is 3. The highest BCUT2D eigenvalue weighted by atomic mass is 17.2. The van der Waals surface area contributed by atoms with Gasteiger partial charge in [0.05, 0.1) is 6.54 Å². The summed E-state index contributed by atoms with van der Waals surface area (Å²) in [5.74, 6) is -3.03. The minimum atomic E-state index is -2.29. The molecule has 21 heavy (non-hydrogen) atoms. The fraction of sp³-hybridized carbons (Fsp3) is 0.615. The van der Waals surface area contributed by atoms with Crippen LogP contribution in [-0.4, -0.2) is 35.2 Å². The van der Waals surface area contributed by atoms with Crippen LogP contribution in [0.25, 0.3) is 0 Å². The highest BCUT2D eigenvalue weighted by molar-refractivity contribution is 5.88. The smallest absolute Gasteiger partial charge is 0.362 e. The van der Waals surface area contributed by atoms with Gasteiger partial charge in [-0.1, -0.05) is 32.8 Å². The van der Waals surface area contributed by atoms with Crippen molar-refractivity contribution in [3.63, 3.8) is 0 Å². The number of carbonyl (C=O) groups is 3. The second-order valence-electron chi connectivity index (χ2n) is 4.40. The highest BCUT2D eigenvalue weighted by Gasteiger charge is 2.40. The van der Waals surface area contributed by atoms with Crippen LogP contribution < -0.4 is 11.1 Å². The highest BCUT2D eigenvalue weighted by Crippen LogP contribution is 2.15. The first-order valence-corrected chi connectivity index (χ1v) is 6.68. The van der Waals surface area contributed by atoms with Gasteiger partial charge < -0.3 is 16.2 Å². The molecule has 0 aliphatic rings. The second-order valence-corrected chi connectivity index (χ2v) is 4.40. The Morgan fingerprint density at radius 2 is 1.95 bits per heavy atom. The van der Waals surface area contributed by atoms with Gasteiger partial charge in [0.15, 0.2) is 0 Å². The molecule has 1 atom stereocenters. The Morgan fingerprint density at radius 3 is 2.48 bits per heavy atom. The summed E-state index contributed by atoms with van der Waals surface area (Å²) in [6.45, 7) is 4.72. The molecule has 0 fully saturated rings. The van der Waals surface area contributed by atoms with Gasteiger partial charge in [0.2, 0.25) is 11.6 Å². The van der Waals surface area contributed by atoms with E-state index in [1.165, 1.54) is 0 Å². The molecule has 4 N–H and O–H groups in total. The lowest BCUT2D eigenvalue weighted by atomic mass is 10.0. The van der Waals surface area contributed by atoms with Gasteiger partial charge >= 0.3 is 11.9 Å². The van der Waals surface area contributed by atoms with E-state index in [2.05, 4.69) is 21.7 Å². The first-order chi connectivity index (χ1) is 9.89. The van der Waals surface area contributed by atoms with E-state index in [4.69, 9.17) is 5.73 Å². The van der Waals surface area contributed by atoms with Crippen LogP contribution in [0.2, 0.25) is 0 Å². The van der Waals surface area contributed by atoms with Crippen molar-refractivity contribution < 1.29 is 29.3 Å². The molecule has 0 spiro atoms. The molecule has 0 rings (SSSR count). The number of hydrogen-bond donors (Lipinski definition) is 3. The van der Waals surface area contributed by atoms with Crippen molar-refractivity contribution in [3.8, 4) is 0 Å². The van der Waals surface area contributed by atoms with Crippen LogP contribution >= 0.6 is 0 Å². The van der Waals surface area contributed by atoms with Gasteiger partial charge in [0.1, 0.15) is 0 Å². The molecule has 0 aromatic carbocycles. The molecule has 1 unspecified atom stereocenters. The van der Waals surface area contributed by atoms with Crippen molar-refractivity contribution in [1.82, 2.24) is 5.32 Å². The zero-order chi connectivity index (χ0) is 16.3. The third-order valence-electron chi connectivity index (χ3n) is 2.63. The van der Waals surface area contributed by atoms with Crippen molar-refractivity contribution >= 4 is 17.8 Å². The fourth-order valence-corrected chi connectivity index (χ4v) is 1.49. The van der Waals surface area contributed by atoms with Crippen molar-refractivity contribution in [2.45, 2.75) is 44.8 Å².